The van der Waals surface area contributed by atoms with Crippen molar-refractivity contribution in [2.24, 2.45) is 4.99 Å². The number of rotatable bonds is 5. The highest BCUT2D eigenvalue weighted by atomic mass is 16.5. The van der Waals surface area contributed by atoms with E-state index in [9.17, 15) is 0 Å². The number of hydrogen-bond donors (Lipinski definition) is 0. The smallest absolute Gasteiger partial charge is 0.204 e. The molecule has 1 aromatic carbocycles. The van der Waals surface area contributed by atoms with Crippen molar-refractivity contribution in [3.63, 3.8) is 0 Å². The van der Waals surface area contributed by atoms with E-state index in [1.165, 1.54) is 5.56 Å². The van der Waals surface area contributed by atoms with Crippen molar-refractivity contribution in [1.29, 1.82) is 0 Å². The Morgan fingerprint density at radius 2 is 1.85 bits per heavy atom. The van der Waals surface area contributed by atoms with Crippen molar-refractivity contribution in [3.8, 4) is 5.75 Å². The summed E-state index contributed by atoms with van der Waals surface area (Å²) in [6.07, 6.45) is 3.26. The molecule has 0 aliphatic carbocycles. The van der Waals surface area contributed by atoms with E-state index in [-0.39, 0.29) is 5.54 Å². The van der Waals surface area contributed by atoms with Gasteiger partial charge in [-0.1, -0.05) is 12.1 Å². The van der Waals surface area contributed by atoms with Crippen LogP contribution in [-0.4, -0.2) is 79.2 Å². The molecular formula is C21H30N4O2. The van der Waals surface area contributed by atoms with Gasteiger partial charge in [0.2, 0.25) is 5.96 Å². The minimum Gasteiger partial charge on any atom is -0.497 e. The molecule has 0 unspecified atom stereocenters. The summed E-state index contributed by atoms with van der Waals surface area (Å²) in [5.74, 6) is 3.14. The normalized spacial score (nSPS) is 21.7. The van der Waals surface area contributed by atoms with Crippen molar-refractivity contribution in [2.45, 2.75) is 25.8 Å². The summed E-state index contributed by atoms with van der Waals surface area (Å²) in [5, 5.41) is 0. The van der Waals surface area contributed by atoms with Crippen LogP contribution in [-0.2, 0) is 11.2 Å². The van der Waals surface area contributed by atoms with Gasteiger partial charge in [0, 0.05) is 32.7 Å². The number of guanidine groups is 1. The molecule has 0 N–H and O–H groups in total. The highest BCUT2D eigenvalue weighted by Gasteiger charge is 2.42. The summed E-state index contributed by atoms with van der Waals surface area (Å²) in [5.41, 5.74) is 1.41. The third kappa shape index (κ3) is 3.76. The molecule has 3 aliphatic rings. The molecule has 4 rings (SSSR count). The molecule has 0 atom stereocenters. The van der Waals surface area contributed by atoms with Gasteiger partial charge in [-0.05, 0) is 44.0 Å². The van der Waals surface area contributed by atoms with Crippen LogP contribution in [0.2, 0.25) is 0 Å². The van der Waals surface area contributed by atoms with Crippen molar-refractivity contribution < 1.29 is 9.47 Å². The Balaban J connectivity index is 1.49. The van der Waals surface area contributed by atoms with E-state index in [0.29, 0.717) is 0 Å². The molecule has 1 aromatic rings. The summed E-state index contributed by atoms with van der Waals surface area (Å²) < 4.78 is 10.8. The molecule has 6 nitrogen and oxygen atoms in total. The van der Waals surface area contributed by atoms with Crippen LogP contribution in [0.5, 0.6) is 5.75 Å². The SMILES string of the molecule is COc1ccc(CCN2C3=NC(N4CCOCC4)=CCN3CC2(C)C)cc1. The Kier molecular flexibility index (Phi) is 5.00. The Hall–Kier alpha value is -2.21. The van der Waals surface area contributed by atoms with Crippen molar-refractivity contribution in [1.82, 2.24) is 14.7 Å². The first-order valence-electron chi connectivity index (χ1n) is 9.84. The van der Waals surface area contributed by atoms with Crippen molar-refractivity contribution >= 4 is 5.96 Å². The molecule has 0 saturated carbocycles. The molecule has 6 heteroatoms. The topological polar surface area (TPSA) is 40.5 Å². The summed E-state index contributed by atoms with van der Waals surface area (Å²) in [4.78, 5) is 12.3. The number of hydrogen-bond acceptors (Lipinski definition) is 6. The quantitative estimate of drug-likeness (QED) is 0.795. The van der Waals surface area contributed by atoms with Crippen LogP contribution in [0.15, 0.2) is 41.2 Å². The fraction of sp³-hybridized carbons (Fsp3) is 0.571. The molecular weight excluding hydrogens is 340 g/mol. The van der Waals surface area contributed by atoms with Crippen LogP contribution in [0.4, 0.5) is 0 Å². The zero-order valence-corrected chi connectivity index (χ0v) is 16.6. The van der Waals surface area contributed by atoms with Gasteiger partial charge < -0.3 is 24.2 Å². The first-order valence-corrected chi connectivity index (χ1v) is 9.84. The lowest BCUT2D eigenvalue weighted by Gasteiger charge is -2.34. The fourth-order valence-corrected chi connectivity index (χ4v) is 4.11. The molecule has 0 aromatic heterocycles. The summed E-state index contributed by atoms with van der Waals surface area (Å²) in [6, 6.07) is 8.38. The van der Waals surface area contributed by atoms with Crippen LogP contribution in [0.1, 0.15) is 19.4 Å². The largest absolute Gasteiger partial charge is 0.497 e. The number of fused-ring (bicyclic) bond motifs is 1. The van der Waals surface area contributed by atoms with E-state index in [4.69, 9.17) is 14.5 Å². The maximum Gasteiger partial charge on any atom is 0.204 e. The highest BCUT2D eigenvalue weighted by molar-refractivity contribution is 5.85. The Morgan fingerprint density at radius 3 is 2.56 bits per heavy atom. The van der Waals surface area contributed by atoms with E-state index < -0.39 is 0 Å². The van der Waals surface area contributed by atoms with Gasteiger partial charge in [0.15, 0.2) is 0 Å². The van der Waals surface area contributed by atoms with E-state index in [1.807, 2.05) is 12.1 Å². The second-order valence-electron chi connectivity index (χ2n) is 8.02. The molecule has 27 heavy (non-hydrogen) atoms. The average Bonchev–Trinajstić information content (AvgIpc) is 2.96. The maximum atomic E-state index is 5.49. The van der Waals surface area contributed by atoms with Gasteiger partial charge in [0.25, 0.3) is 0 Å². The molecule has 146 valence electrons. The van der Waals surface area contributed by atoms with Gasteiger partial charge >= 0.3 is 0 Å². The van der Waals surface area contributed by atoms with E-state index in [0.717, 1.165) is 69.9 Å². The second kappa shape index (κ2) is 7.43. The molecule has 3 heterocycles. The van der Waals surface area contributed by atoms with Crippen LogP contribution < -0.4 is 4.74 Å². The predicted molar refractivity (Wildman–Crippen MR) is 107 cm³/mol. The van der Waals surface area contributed by atoms with E-state index in [1.54, 1.807) is 7.11 Å². The second-order valence-corrected chi connectivity index (χ2v) is 8.02. The van der Waals surface area contributed by atoms with Crippen LogP contribution in [0, 0.1) is 0 Å². The number of ether oxygens (including phenoxy) is 2. The summed E-state index contributed by atoms with van der Waals surface area (Å²) in [7, 11) is 1.71. The number of morpholine rings is 1. The van der Waals surface area contributed by atoms with Gasteiger partial charge in [-0.25, -0.2) is 0 Å². The molecule has 2 saturated heterocycles. The molecule has 0 amide bonds. The highest BCUT2D eigenvalue weighted by Crippen LogP contribution is 2.30. The minimum atomic E-state index is 0.0829. The van der Waals surface area contributed by atoms with E-state index in [2.05, 4.69) is 46.8 Å². The lowest BCUT2D eigenvalue weighted by Crippen LogP contribution is -2.45. The van der Waals surface area contributed by atoms with Crippen molar-refractivity contribution in [3.05, 3.63) is 41.7 Å². The van der Waals surface area contributed by atoms with Gasteiger partial charge in [-0.2, -0.15) is 4.99 Å². The zero-order valence-electron chi connectivity index (χ0n) is 16.6. The molecule has 0 radical (unpaired) electrons. The zero-order chi connectivity index (χ0) is 18.9. The minimum absolute atomic E-state index is 0.0829. The molecule has 0 bridgehead atoms. The number of nitrogens with zero attached hydrogens (tertiary/aromatic N) is 4. The Labute approximate surface area is 162 Å². The third-order valence-electron chi connectivity index (χ3n) is 5.66. The van der Waals surface area contributed by atoms with Crippen LogP contribution in [0.3, 0.4) is 0 Å². The monoisotopic (exact) mass is 370 g/mol. The average molecular weight is 370 g/mol. The Bertz CT molecular complexity index is 720. The van der Waals surface area contributed by atoms with Gasteiger partial charge in [-0.3, -0.25) is 0 Å². The number of aliphatic imine (C=N–C) groups is 1. The lowest BCUT2D eigenvalue weighted by atomic mass is 10.0. The fourth-order valence-electron chi connectivity index (χ4n) is 4.11. The van der Waals surface area contributed by atoms with Crippen molar-refractivity contribution in [2.75, 3.05) is 53.0 Å². The first-order chi connectivity index (χ1) is 13.1. The third-order valence-corrected chi connectivity index (χ3v) is 5.66. The van der Waals surface area contributed by atoms with Gasteiger partial charge in [0.1, 0.15) is 11.6 Å². The standard InChI is InChI=1S/C21H30N4O2/c1-21(2)16-24-10-9-19(23-12-14-27-15-13-23)22-20(24)25(21)11-8-17-4-6-18(26-3)7-5-17/h4-7,9H,8,10-16H2,1-3H3. The molecule has 0 spiro atoms. The van der Waals surface area contributed by atoms with E-state index >= 15 is 0 Å². The summed E-state index contributed by atoms with van der Waals surface area (Å²) in [6.45, 7) is 11.0. The molecule has 3 aliphatic heterocycles. The van der Waals surface area contributed by atoms with Crippen LogP contribution >= 0.6 is 0 Å². The van der Waals surface area contributed by atoms with Gasteiger partial charge in [0.05, 0.1) is 25.9 Å². The predicted octanol–water partition coefficient (Wildman–Crippen LogP) is 2.18. The maximum absolute atomic E-state index is 5.49. The van der Waals surface area contributed by atoms with Crippen LogP contribution in [0.25, 0.3) is 0 Å². The Morgan fingerprint density at radius 1 is 1.11 bits per heavy atom. The number of methoxy groups -OCH3 is 1. The summed E-state index contributed by atoms with van der Waals surface area (Å²) >= 11 is 0. The lowest BCUT2D eigenvalue weighted by molar-refractivity contribution is 0.0525. The van der Waals surface area contributed by atoms with Gasteiger partial charge in [-0.15, -0.1) is 0 Å². The number of benzene rings is 1. The first kappa shape index (κ1) is 18.2. The molecule has 2 fully saturated rings.